The van der Waals surface area contributed by atoms with Gasteiger partial charge in [0.25, 0.3) is 0 Å². The molecule has 0 saturated carbocycles. The quantitative estimate of drug-likeness (QED) is 0.489. The van der Waals surface area contributed by atoms with Crippen molar-refractivity contribution in [3.05, 3.63) is 0 Å². The first-order chi connectivity index (χ1) is 8.51. The molecule has 0 aliphatic carbocycles. The first kappa shape index (κ1) is 16.8. The summed E-state index contributed by atoms with van der Waals surface area (Å²) in [7, 11) is 0. The molecule has 0 aromatic heterocycles. The zero-order valence-corrected chi connectivity index (χ0v) is 10.4. The first-order valence-corrected chi connectivity index (χ1v) is 6.00. The highest BCUT2D eigenvalue weighted by Gasteiger charge is 2.17. The Balaban J connectivity index is 0.000000411. The maximum atomic E-state index is 9.10. The van der Waals surface area contributed by atoms with Gasteiger partial charge in [-0.1, -0.05) is 0 Å². The van der Waals surface area contributed by atoms with Crippen molar-refractivity contribution in [2.45, 2.75) is 19.3 Å². The molecule has 0 bridgehead atoms. The van der Waals surface area contributed by atoms with Gasteiger partial charge in [-0.2, -0.15) is 0 Å². The number of hydrogen-bond donors (Lipinski definition) is 4. The second-order valence-corrected chi connectivity index (χ2v) is 4.22. The van der Waals surface area contributed by atoms with Crippen molar-refractivity contribution in [1.29, 1.82) is 0 Å². The zero-order chi connectivity index (χ0) is 14.0. The number of nitrogens with zero attached hydrogens (tertiary/aromatic N) is 1. The number of piperidine rings is 1. The fraction of sp³-hybridized carbons (Fsp3) is 0.818. The molecule has 1 aliphatic heterocycles. The lowest BCUT2D eigenvalue weighted by Crippen LogP contribution is -2.35. The van der Waals surface area contributed by atoms with Gasteiger partial charge in [-0.3, -0.25) is 0 Å². The van der Waals surface area contributed by atoms with Crippen molar-refractivity contribution in [2.24, 2.45) is 11.7 Å². The van der Waals surface area contributed by atoms with Crippen LogP contribution in [0.4, 0.5) is 0 Å². The number of hydrogen-bond acceptors (Lipinski definition) is 5. The largest absolute Gasteiger partial charge is 0.473 e. The van der Waals surface area contributed by atoms with Gasteiger partial charge in [0, 0.05) is 6.61 Å². The van der Waals surface area contributed by atoms with E-state index >= 15 is 0 Å². The summed E-state index contributed by atoms with van der Waals surface area (Å²) in [6.07, 6.45) is 3.41. The number of aliphatic hydroxyl groups is 1. The molecule has 106 valence electrons. The number of nitrogens with two attached hydrogens (primary N) is 1. The van der Waals surface area contributed by atoms with E-state index in [0.29, 0.717) is 12.5 Å². The molecule has 1 fully saturated rings. The summed E-state index contributed by atoms with van der Waals surface area (Å²) < 4.78 is 0. The summed E-state index contributed by atoms with van der Waals surface area (Å²) in [5, 5.41) is 23.7. The predicted molar refractivity (Wildman–Crippen MR) is 65.2 cm³/mol. The van der Waals surface area contributed by atoms with Crippen molar-refractivity contribution in [2.75, 3.05) is 32.8 Å². The van der Waals surface area contributed by atoms with Gasteiger partial charge < -0.3 is 26.0 Å². The second-order valence-electron chi connectivity index (χ2n) is 4.22. The fourth-order valence-corrected chi connectivity index (χ4v) is 1.71. The smallest absolute Gasteiger partial charge is 0.414 e. The lowest BCUT2D eigenvalue weighted by atomic mass is 9.98. The average molecular weight is 262 g/mol. The van der Waals surface area contributed by atoms with E-state index in [1.54, 1.807) is 0 Å². The van der Waals surface area contributed by atoms with E-state index < -0.39 is 11.9 Å². The number of carboxylic acid groups (broad SMARTS) is 2. The lowest BCUT2D eigenvalue weighted by Gasteiger charge is -2.30. The highest BCUT2D eigenvalue weighted by atomic mass is 16.4. The zero-order valence-electron chi connectivity index (χ0n) is 10.4. The van der Waals surface area contributed by atoms with E-state index in [0.717, 1.165) is 45.4 Å². The number of likely N-dealkylation sites (tertiary alicyclic amines) is 1. The topological polar surface area (TPSA) is 124 Å². The standard InChI is InChI=1S/C9H20N2O.C2H2O4/c10-4-1-5-11-6-2-9(8-12)3-7-11;3-1(4)2(5)6/h9,12H,1-8,10H2;(H,3,4)(H,5,6). The van der Waals surface area contributed by atoms with E-state index in [1.807, 2.05) is 0 Å². The lowest BCUT2D eigenvalue weighted by molar-refractivity contribution is -0.159. The fourth-order valence-electron chi connectivity index (χ4n) is 1.71. The molecule has 0 amide bonds. The number of aliphatic carboxylic acids is 2. The van der Waals surface area contributed by atoms with Gasteiger partial charge in [0.15, 0.2) is 0 Å². The molecule has 18 heavy (non-hydrogen) atoms. The molecule has 5 N–H and O–H groups in total. The van der Waals surface area contributed by atoms with Crippen LogP contribution in [0, 0.1) is 5.92 Å². The Morgan fingerprint density at radius 2 is 1.67 bits per heavy atom. The number of rotatable bonds is 4. The maximum Gasteiger partial charge on any atom is 0.414 e. The Hall–Kier alpha value is -1.18. The molecule has 0 atom stereocenters. The third-order valence-electron chi connectivity index (χ3n) is 2.83. The summed E-state index contributed by atoms with van der Waals surface area (Å²) in [5.41, 5.74) is 5.43. The normalized spacial score (nSPS) is 16.8. The Morgan fingerprint density at radius 3 is 2.00 bits per heavy atom. The van der Waals surface area contributed by atoms with Crippen molar-refractivity contribution in [3.8, 4) is 0 Å². The summed E-state index contributed by atoms with van der Waals surface area (Å²) in [6.45, 7) is 4.58. The van der Waals surface area contributed by atoms with Crippen molar-refractivity contribution < 1.29 is 24.9 Å². The van der Waals surface area contributed by atoms with Gasteiger partial charge in [0.05, 0.1) is 0 Å². The van der Waals surface area contributed by atoms with Crippen LogP contribution in [-0.4, -0.2) is 64.9 Å². The number of carboxylic acids is 2. The minimum absolute atomic E-state index is 0.366. The van der Waals surface area contributed by atoms with Crippen LogP contribution in [0.15, 0.2) is 0 Å². The molecule has 7 heteroatoms. The van der Waals surface area contributed by atoms with E-state index in [1.165, 1.54) is 0 Å². The van der Waals surface area contributed by atoms with Crippen molar-refractivity contribution >= 4 is 11.9 Å². The van der Waals surface area contributed by atoms with Gasteiger partial charge in [-0.05, 0) is 51.4 Å². The van der Waals surface area contributed by atoms with Crippen LogP contribution in [-0.2, 0) is 9.59 Å². The molecule has 0 aromatic rings. The molecule has 0 spiro atoms. The third kappa shape index (κ3) is 7.99. The van der Waals surface area contributed by atoms with Crippen LogP contribution < -0.4 is 5.73 Å². The van der Waals surface area contributed by atoms with Crippen LogP contribution in [0.5, 0.6) is 0 Å². The minimum Gasteiger partial charge on any atom is -0.473 e. The summed E-state index contributed by atoms with van der Waals surface area (Å²) in [6, 6.07) is 0. The molecule has 0 radical (unpaired) electrons. The monoisotopic (exact) mass is 262 g/mol. The van der Waals surface area contributed by atoms with E-state index in [2.05, 4.69) is 4.90 Å². The maximum absolute atomic E-state index is 9.10. The summed E-state index contributed by atoms with van der Waals surface area (Å²) in [4.78, 5) is 20.6. The molecular formula is C11H22N2O5. The predicted octanol–water partition coefficient (Wildman–Crippen LogP) is -0.805. The summed E-state index contributed by atoms with van der Waals surface area (Å²) in [5.74, 6) is -3.09. The average Bonchev–Trinajstić information content (AvgIpc) is 2.37. The highest BCUT2D eigenvalue weighted by molar-refractivity contribution is 6.27. The van der Waals surface area contributed by atoms with Gasteiger partial charge in [-0.25, -0.2) is 9.59 Å². The van der Waals surface area contributed by atoms with Crippen molar-refractivity contribution in [3.63, 3.8) is 0 Å². The second kappa shape index (κ2) is 9.81. The molecule has 0 aromatic carbocycles. The van der Waals surface area contributed by atoms with Gasteiger partial charge >= 0.3 is 11.9 Å². The van der Waals surface area contributed by atoms with E-state index in [9.17, 15) is 0 Å². The Labute approximate surface area is 106 Å². The minimum atomic E-state index is -1.82. The molecule has 1 aliphatic rings. The van der Waals surface area contributed by atoms with Gasteiger partial charge in [0.1, 0.15) is 0 Å². The van der Waals surface area contributed by atoms with Gasteiger partial charge in [0.2, 0.25) is 0 Å². The number of aliphatic hydroxyl groups excluding tert-OH is 1. The van der Waals surface area contributed by atoms with Crippen LogP contribution in [0.25, 0.3) is 0 Å². The molecule has 0 unspecified atom stereocenters. The molecule has 1 rings (SSSR count). The van der Waals surface area contributed by atoms with Crippen LogP contribution in [0.2, 0.25) is 0 Å². The molecule has 7 nitrogen and oxygen atoms in total. The SMILES string of the molecule is NCCCN1CCC(CO)CC1.O=C(O)C(=O)O. The van der Waals surface area contributed by atoms with Crippen molar-refractivity contribution in [1.82, 2.24) is 4.90 Å². The summed E-state index contributed by atoms with van der Waals surface area (Å²) >= 11 is 0. The van der Waals surface area contributed by atoms with Gasteiger partial charge in [-0.15, -0.1) is 0 Å². The Kier molecular flexibility index (Phi) is 9.17. The van der Waals surface area contributed by atoms with Crippen LogP contribution in [0.3, 0.4) is 0 Å². The molecular weight excluding hydrogens is 240 g/mol. The van der Waals surface area contributed by atoms with E-state index in [-0.39, 0.29) is 0 Å². The molecule has 1 heterocycles. The number of carbonyl (C=O) groups is 2. The van der Waals surface area contributed by atoms with E-state index in [4.69, 9.17) is 30.6 Å². The third-order valence-corrected chi connectivity index (χ3v) is 2.83. The van der Waals surface area contributed by atoms with Crippen LogP contribution >= 0.6 is 0 Å². The molecule has 1 saturated heterocycles. The Bertz CT molecular complexity index is 240. The Morgan fingerprint density at radius 1 is 1.17 bits per heavy atom. The van der Waals surface area contributed by atoms with Crippen LogP contribution in [0.1, 0.15) is 19.3 Å². The first-order valence-electron chi connectivity index (χ1n) is 6.00. The highest BCUT2D eigenvalue weighted by Crippen LogP contribution is 2.15.